The van der Waals surface area contributed by atoms with Gasteiger partial charge < -0.3 is 25.0 Å². The first kappa shape index (κ1) is 48.4. The van der Waals surface area contributed by atoms with E-state index >= 15 is 0 Å². The zero-order valence-corrected chi connectivity index (χ0v) is 40.9. The highest BCUT2D eigenvalue weighted by molar-refractivity contribution is 7.90. The van der Waals surface area contributed by atoms with Crippen molar-refractivity contribution in [2.24, 2.45) is 11.3 Å². The van der Waals surface area contributed by atoms with Crippen molar-refractivity contribution in [2.45, 2.75) is 76.2 Å². The Morgan fingerprint density at radius 3 is 2.57 bits per heavy atom. The summed E-state index contributed by atoms with van der Waals surface area (Å²) in [7, 11) is -4.61. The largest absolute Gasteiger partial charge is 0.455 e. The molecule has 1 saturated heterocycles. The number of halogens is 1. The number of anilines is 2. The van der Waals surface area contributed by atoms with Gasteiger partial charge in [-0.15, -0.1) is 11.3 Å². The van der Waals surface area contributed by atoms with E-state index in [1.807, 2.05) is 11.4 Å². The van der Waals surface area contributed by atoms with E-state index in [-0.39, 0.29) is 33.9 Å². The smallest absolute Gasteiger partial charge is 0.293 e. The Labute approximate surface area is 410 Å². The van der Waals surface area contributed by atoms with Crippen LogP contribution in [0, 0.1) is 38.6 Å². The van der Waals surface area contributed by atoms with Gasteiger partial charge in [0.2, 0.25) is 0 Å². The minimum absolute atomic E-state index is 0.0706. The molecule has 1 aliphatic heterocycles. The second-order valence-corrected chi connectivity index (χ2v) is 22.4. The quantitative estimate of drug-likeness (QED) is 0.0594. The third-order valence-corrected chi connectivity index (χ3v) is 16.2. The fourth-order valence-corrected chi connectivity index (χ4v) is 11.7. The first-order valence-electron chi connectivity index (χ1n) is 23.5. The zero-order valence-electron chi connectivity index (χ0n) is 39.3. The van der Waals surface area contributed by atoms with Crippen LogP contribution in [0.15, 0.2) is 101 Å². The number of piperazine rings is 1. The van der Waals surface area contributed by atoms with Crippen molar-refractivity contribution in [3.05, 3.63) is 128 Å². The molecule has 1 amide bonds. The summed E-state index contributed by atoms with van der Waals surface area (Å²) >= 11 is 1.65. The van der Waals surface area contributed by atoms with E-state index in [1.54, 1.807) is 48.7 Å². The van der Waals surface area contributed by atoms with Crippen molar-refractivity contribution >= 4 is 60.9 Å². The standard InChI is InChI=1S/C52H55FN8O7S2/c1-51(2)12-10-36(44(27-51)48-24-38(32-69-48)37-20-34(28-54)21-39(53)22-37)31-59-16-18-60(19-17-59)40-4-6-43(47(25-40)68-41-23-35-11-15-55-49(35)57-30-41)50(62)58-70(66,67)42-5-7-45(46(26-42)61(64)65)56-29-33-8-13-52(3,63)14-9-33/h4-7,11,15,20-26,30,32-33,56,63H,8-10,12-14,16-19,27,29,31H2,1-3H3,(H,55,57)(H,58,62)/t33-,52-. The number of H-pyrrole nitrogens is 1. The Kier molecular flexibility index (Phi) is 13.6. The van der Waals surface area contributed by atoms with Crippen molar-refractivity contribution in [3.8, 4) is 28.7 Å². The van der Waals surface area contributed by atoms with Gasteiger partial charge >= 0.3 is 0 Å². The van der Waals surface area contributed by atoms with Gasteiger partial charge in [0.25, 0.3) is 21.6 Å². The van der Waals surface area contributed by atoms with Crippen molar-refractivity contribution in [3.63, 3.8) is 0 Å². The van der Waals surface area contributed by atoms with Crippen LogP contribution in [0.1, 0.15) is 86.5 Å². The van der Waals surface area contributed by atoms with Gasteiger partial charge in [0.1, 0.15) is 28.7 Å². The second kappa shape index (κ2) is 19.6. The average Bonchev–Trinajstić information content (AvgIpc) is 4.02. The molecule has 364 valence electrons. The fourth-order valence-electron chi connectivity index (χ4n) is 9.72. The van der Waals surface area contributed by atoms with Gasteiger partial charge in [-0.25, -0.2) is 22.5 Å². The van der Waals surface area contributed by atoms with E-state index in [9.17, 15) is 38.1 Å². The Morgan fingerprint density at radius 2 is 1.81 bits per heavy atom. The Bertz CT molecular complexity index is 3160. The molecule has 4 heterocycles. The fraction of sp³-hybridized carbons (Fsp3) is 0.365. The summed E-state index contributed by atoms with van der Waals surface area (Å²) in [6, 6.07) is 20.7. The number of hydrogen-bond acceptors (Lipinski definition) is 13. The minimum Gasteiger partial charge on any atom is -0.455 e. The summed E-state index contributed by atoms with van der Waals surface area (Å²) in [6.45, 7) is 10.5. The molecule has 9 rings (SSSR count). The molecule has 0 bridgehead atoms. The normalized spacial score (nSPS) is 19.7. The molecular formula is C52H55FN8O7S2. The number of allylic oxidation sites excluding steroid dienone is 1. The van der Waals surface area contributed by atoms with E-state index in [1.165, 1.54) is 47.7 Å². The molecule has 0 spiro atoms. The van der Waals surface area contributed by atoms with E-state index in [2.05, 4.69) is 55.8 Å². The van der Waals surface area contributed by atoms with E-state index in [0.29, 0.717) is 49.4 Å². The number of aromatic nitrogens is 2. The predicted octanol–water partition coefficient (Wildman–Crippen LogP) is 10.3. The van der Waals surface area contributed by atoms with E-state index in [4.69, 9.17) is 4.74 Å². The number of nitro groups is 1. The SMILES string of the molecule is CC1(C)CCC(CN2CCN(c3ccc(C(=O)NS(=O)(=O)c4ccc(NC[C@H]5CC[C@](C)(O)CC5)c([N+](=O)[O-])c4)c(Oc4cnc5[nH]ccc5c4)c3)CC2)=C(c2cc(-c3cc(F)cc(C#N)c3)cs2)C1. The summed E-state index contributed by atoms with van der Waals surface area (Å²) < 4.78 is 50.4. The van der Waals surface area contributed by atoms with Crippen LogP contribution in [0.5, 0.6) is 11.5 Å². The highest BCUT2D eigenvalue weighted by Crippen LogP contribution is 2.46. The van der Waals surface area contributed by atoms with Crippen molar-refractivity contribution in [2.75, 3.05) is 49.5 Å². The number of nitriles is 1. The lowest BCUT2D eigenvalue weighted by atomic mass is 9.73. The monoisotopic (exact) mass is 986 g/mol. The number of aromatic amines is 1. The Morgan fingerprint density at radius 1 is 1.03 bits per heavy atom. The van der Waals surface area contributed by atoms with Gasteiger partial charge in [-0.1, -0.05) is 19.4 Å². The number of carbonyl (C=O) groups is 1. The van der Waals surface area contributed by atoms with Crippen LogP contribution in [0.3, 0.4) is 0 Å². The molecule has 3 aromatic carbocycles. The molecule has 70 heavy (non-hydrogen) atoms. The van der Waals surface area contributed by atoms with Crippen LogP contribution in [-0.4, -0.2) is 84.1 Å². The molecule has 1 saturated carbocycles. The van der Waals surface area contributed by atoms with E-state index in [0.717, 1.165) is 79.3 Å². The molecule has 2 aliphatic carbocycles. The summed E-state index contributed by atoms with van der Waals surface area (Å²) in [4.78, 5) is 38.4. The van der Waals surface area contributed by atoms with Crippen LogP contribution < -0.4 is 19.7 Å². The highest BCUT2D eigenvalue weighted by Gasteiger charge is 2.32. The highest BCUT2D eigenvalue weighted by atomic mass is 32.2. The lowest BCUT2D eigenvalue weighted by molar-refractivity contribution is -0.384. The van der Waals surface area contributed by atoms with Gasteiger partial charge in [0.15, 0.2) is 0 Å². The second-order valence-electron chi connectivity index (χ2n) is 19.8. The number of nitrogens with zero attached hydrogens (tertiary/aromatic N) is 5. The van der Waals surface area contributed by atoms with Crippen LogP contribution in [-0.2, 0) is 10.0 Å². The number of rotatable bonds is 14. The number of benzene rings is 3. The summed E-state index contributed by atoms with van der Waals surface area (Å²) in [5.74, 6) is -0.818. The Balaban J connectivity index is 0.917. The summed E-state index contributed by atoms with van der Waals surface area (Å²) in [6.07, 6.45) is 8.94. The van der Waals surface area contributed by atoms with Gasteiger partial charge in [0, 0.05) is 73.5 Å². The van der Waals surface area contributed by atoms with Gasteiger partial charge in [-0.3, -0.25) is 19.8 Å². The van der Waals surface area contributed by atoms with Gasteiger partial charge in [-0.2, -0.15) is 5.26 Å². The van der Waals surface area contributed by atoms with Crippen LogP contribution in [0.25, 0.3) is 27.7 Å². The number of ether oxygens (including phenoxy) is 1. The van der Waals surface area contributed by atoms with Crippen LogP contribution in [0.4, 0.5) is 21.5 Å². The first-order valence-corrected chi connectivity index (χ1v) is 25.8. The van der Waals surface area contributed by atoms with Crippen molar-refractivity contribution in [1.29, 1.82) is 5.26 Å². The summed E-state index contributed by atoms with van der Waals surface area (Å²) in [5, 5.41) is 37.8. The number of pyridine rings is 1. The number of aliphatic hydroxyl groups is 1. The van der Waals surface area contributed by atoms with E-state index < -0.39 is 42.9 Å². The molecular weight excluding hydrogens is 932 g/mol. The molecule has 2 fully saturated rings. The number of amides is 1. The lowest BCUT2D eigenvalue weighted by Gasteiger charge is -2.39. The minimum atomic E-state index is -4.61. The number of carbonyl (C=O) groups excluding carboxylic acids is 1. The number of sulfonamides is 1. The van der Waals surface area contributed by atoms with Crippen molar-refractivity contribution in [1.82, 2.24) is 19.6 Å². The molecule has 6 aromatic rings. The average molecular weight is 987 g/mol. The third-order valence-electron chi connectivity index (χ3n) is 13.9. The lowest BCUT2D eigenvalue weighted by Crippen LogP contribution is -2.47. The molecule has 15 nitrogen and oxygen atoms in total. The molecule has 3 aromatic heterocycles. The number of nitrogens with one attached hydrogen (secondary N) is 3. The first-order chi connectivity index (χ1) is 33.4. The number of fused-ring (bicyclic) bond motifs is 1. The topological polar surface area (TPSA) is 207 Å². The van der Waals surface area contributed by atoms with Gasteiger partial charge in [0.05, 0.1) is 38.8 Å². The molecule has 3 aliphatic rings. The summed E-state index contributed by atoms with van der Waals surface area (Å²) in [5.41, 5.74) is 5.01. The molecule has 0 radical (unpaired) electrons. The van der Waals surface area contributed by atoms with Crippen LogP contribution in [0.2, 0.25) is 0 Å². The van der Waals surface area contributed by atoms with Crippen LogP contribution >= 0.6 is 11.3 Å². The predicted molar refractivity (Wildman–Crippen MR) is 269 cm³/mol. The van der Waals surface area contributed by atoms with Gasteiger partial charge in [-0.05, 0) is 146 Å². The number of thiophene rings is 1. The number of nitro benzene ring substituents is 1. The maximum absolute atomic E-state index is 14.4. The maximum Gasteiger partial charge on any atom is 0.293 e. The molecule has 4 N–H and O–H groups in total. The molecule has 0 unspecified atom stereocenters. The molecule has 0 atom stereocenters. The Hall–Kier alpha value is -6.65. The third kappa shape index (κ3) is 11.0. The number of hydrogen-bond donors (Lipinski definition) is 4. The van der Waals surface area contributed by atoms with Crippen molar-refractivity contribution < 1.29 is 32.4 Å². The zero-order chi connectivity index (χ0) is 49.4. The maximum atomic E-state index is 14.4. The molecule has 18 heteroatoms.